The van der Waals surface area contributed by atoms with E-state index in [9.17, 15) is 14.4 Å². The summed E-state index contributed by atoms with van der Waals surface area (Å²) in [4.78, 5) is 40.0. The number of nitrogens with one attached hydrogen (secondary N) is 2. The van der Waals surface area contributed by atoms with Gasteiger partial charge in [0, 0.05) is 23.1 Å². The Kier molecular flexibility index (Phi) is 4.48. The third-order valence-corrected chi connectivity index (χ3v) is 4.40. The van der Waals surface area contributed by atoms with Gasteiger partial charge in [0.1, 0.15) is 16.9 Å². The molecule has 2 aromatic carbocycles. The lowest BCUT2D eigenvalue weighted by molar-refractivity contribution is -0.122. The predicted molar refractivity (Wildman–Crippen MR) is 100 cm³/mol. The minimum Gasteiger partial charge on any atom is -0.367 e. The molecule has 0 aliphatic rings. The molecule has 0 saturated heterocycles. The fraction of sp³-hybridized carbons (Fsp3) is 0.111. The summed E-state index contributed by atoms with van der Waals surface area (Å²) in [7, 11) is 0. The van der Waals surface area contributed by atoms with E-state index in [1.807, 2.05) is 0 Å². The Morgan fingerprint density at radius 1 is 1.04 bits per heavy atom. The van der Waals surface area contributed by atoms with Gasteiger partial charge in [0.05, 0.1) is 0 Å². The quantitative estimate of drug-likeness (QED) is 0.571. The molecule has 132 valence electrons. The van der Waals surface area contributed by atoms with Gasteiger partial charge >= 0.3 is 0 Å². The summed E-state index contributed by atoms with van der Waals surface area (Å²) in [6.45, 7) is 1.53. The van der Waals surface area contributed by atoms with Crippen molar-refractivity contribution in [2.24, 2.45) is 5.73 Å². The molecule has 0 saturated carbocycles. The number of carbonyl (C=O) groups excluding carboxylic acids is 1. The van der Waals surface area contributed by atoms with E-state index in [1.54, 1.807) is 48.8 Å². The number of primary amides is 1. The number of carbonyl (C=O) groups is 1. The monoisotopic (exact) mass is 370 g/mol. The van der Waals surface area contributed by atoms with Crippen LogP contribution in [0.3, 0.4) is 0 Å². The third kappa shape index (κ3) is 3.04. The number of aromatic nitrogens is 1. The highest BCUT2D eigenvalue weighted by atomic mass is 35.5. The molecule has 8 heteroatoms. The second kappa shape index (κ2) is 6.61. The summed E-state index contributed by atoms with van der Waals surface area (Å²) in [6.07, 6.45) is 3.09. The first-order valence-corrected chi connectivity index (χ1v) is 8.05. The van der Waals surface area contributed by atoms with Crippen molar-refractivity contribution in [1.82, 2.24) is 4.98 Å². The number of hydrogen-bond acceptors (Lipinski definition) is 6. The van der Waals surface area contributed by atoms with Gasteiger partial charge in [0.2, 0.25) is 5.91 Å². The van der Waals surface area contributed by atoms with E-state index in [0.29, 0.717) is 16.3 Å². The zero-order valence-electron chi connectivity index (χ0n) is 13.7. The molecule has 0 radical (unpaired) electrons. The minimum absolute atomic E-state index is 0.00284. The van der Waals surface area contributed by atoms with Gasteiger partial charge in [-0.15, -0.1) is 0 Å². The normalized spacial score (nSPS) is 13.2. The highest BCUT2D eigenvalue weighted by molar-refractivity contribution is 6.30. The van der Waals surface area contributed by atoms with Gasteiger partial charge < -0.3 is 16.4 Å². The van der Waals surface area contributed by atoms with Crippen molar-refractivity contribution in [1.29, 1.82) is 0 Å². The molecule has 7 nitrogen and oxygen atoms in total. The Bertz CT molecular complexity index is 1030. The van der Waals surface area contributed by atoms with E-state index >= 15 is 0 Å². The number of amides is 1. The topological polar surface area (TPSA) is 114 Å². The Balaban J connectivity index is 1.97. The van der Waals surface area contributed by atoms with Crippen molar-refractivity contribution in [3.05, 3.63) is 79.8 Å². The molecular weight excluding hydrogens is 356 g/mol. The van der Waals surface area contributed by atoms with Crippen LogP contribution < -0.4 is 27.2 Å². The summed E-state index contributed by atoms with van der Waals surface area (Å²) >= 11 is 5.88. The number of nitrogens with zero attached hydrogens (tertiary/aromatic N) is 1. The summed E-state index contributed by atoms with van der Waals surface area (Å²) < 4.78 is 0. The van der Waals surface area contributed by atoms with Gasteiger partial charge in [-0.25, -0.2) is 0 Å². The third-order valence-electron chi connectivity index (χ3n) is 4.15. The van der Waals surface area contributed by atoms with Gasteiger partial charge in [-0.05, 0) is 36.8 Å². The number of nitrogens with two attached hydrogens (primary N) is 1. The Morgan fingerprint density at radius 2 is 1.62 bits per heavy atom. The van der Waals surface area contributed by atoms with Gasteiger partial charge in [-0.3, -0.25) is 19.4 Å². The van der Waals surface area contributed by atoms with E-state index in [-0.39, 0.29) is 11.4 Å². The van der Waals surface area contributed by atoms with Crippen molar-refractivity contribution in [2.75, 3.05) is 10.6 Å². The number of benzene rings is 1. The zero-order chi connectivity index (χ0) is 18.9. The van der Waals surface area contributed by atoms with Gasteiger partial charge in [0.15, 0.2) is 0 Å². The van der Waals surface area contributed by atoms with Crippen molar-refractivity contribution >= 4 is 34.6 Å². The molecule has 1 unspecified atom stereocenters. The summed E-state index contributed by atoms with van der Waals surface area (Å²) in [5.41, 5.74) is 3.94. The Labute approximate surface area is 153 Å². The average molecular weight is 371 g/mol. The Morgan fingerprint density at radius 3 is 2.19 bits per heavy atom. The van der Waals surface area contributed by atoms with Crippen LogP contribution in [-0.4, -0.2) is 10.9 Å². The molecule has 3 aromatic rings. The van der Waals surface area contributed by atoms with Crippen LogP contribution in [-0.2, 0) is 10.3 Å². The van der Waals surface area contributed by atoms with Crippen molar-refractivity contribution < 1.29 is 4.79 Å². The van der Waals surface area contributed by atoms with Gasteiger partial charge in [0.25, 0.3) is 10.9 Å². The van der Waals surface area contributed by atoms with E-state index in [2.05, 4.69) is 15.6 Å². The maximum atomic E-state index is 12.1. The maximum Gasteiger partial charge on any atom is 0.253 e. The first-order chi connectivity index (χ1) is 12.3. The maximum absolute atomic E-state index is 12.1. The van der Waals surface area contributed by atoms with Crippen molar-refractivity contribution in [3.63, 3.8) is 0 Å². The number of halogens is 1. The molecule has 1 atom stereocenters. The van der Waals surface area contributed by atoms with Crippen LogP contribution in [0.5, 0.6) is 0 Å². The van der Waals surface area contributed by atoms with Crippen LogP contribution in [0.2, 0.25) is 5.02 Å². The molecule has 0 bridgehead atoms. The highest BCUT2D eigenvalue weighted by Gasteiger charge is 2.36. The van der Waals surface area contributed by atoms with E-state index in [0.717, 1.165) is 0 Å². The lowest BCUT2D eigenvalue weighted by Gasteiger charge is -2.30. The van der Waals surface area contributed by atoms with E-state index in [4.69, 9.17) is 17.3 Å². The molecule has 4 N–H and O–H groups in total. The van der Waals surface area contributed by atoms with Gasteiger partial charge in [-0.2, -0.15) is 0 Å². The zero-order valence-corrected chi connectivity index (χ0v) is 14.5. The number of anilines is 3. The molecule has 0 fully saturated rings. The van der Waals surface area contributed by atoms with Gasteiger partial charge in [-0.1, -0.05) is 23.7 Å². The molecule has 26 heavy (non-hydrogen) atoms. The molecule has 3 rings (SSSR count). The standard InChI is InChI=1S/C18H15ClN4O3/c1-18(17(20)26,10-2-4-11(19)5-3-10)23-14-13(15(24)16(14)25)22-12-6-8-21-9-7-12/h2-9,23H,1H3,(H2,20,26)(H,21,22). The number of rotatable bonds is 6. The Hall–Kier alpha value is -3.19. The molecule has 0 aliphatic carbocycles. The fourth-order valence-electron chi connectivity index (χ4n) is 2.52. The first-order valence-electron chi connectivity index (χ1n) is 7.67. The number of pyridine rings is 1. The average Bonchev–Trinajstić information content (AvgIpc) is 2.65. The second-order valence-electron chi connectivity index (χ2n) is 5.89. The van der Waals surface area contributed by atoms with Crippen LogP contribution in [0.15, 0.2) is 58.4 Å². The summed E-state index contributed by atoms with van der Waals surface area (Å²) in [5, 5.41) is 6.19. The largest absolute Gasteiger partial charge is 0.367 e. The smallest absolute Gasteiger partial charge is 0.253 e. The minimum atomic E-state index is -1.40. The molecular formula is C18H15ClN4O3. The van der Waals surface area contributed by atoms with E-state index in [1.165, 1.54) is 6.92 Å². The van der Waals surface area contributed by atoms with E-state index < -0.39 is 22.3 Å². The van der Waals surface area contributed by atoms with Crippen LogP contribution in [0.4, 0.5) is 17.1 Å². The lowest BCUT2D eigenvalue weighted by Crippen LogP contribution is -2.49. The fourth-order valence-corrected chi connectivity index (χ4v) is 2.64. The van der Waals surface area contributed by atoms with Crippen molar-refractivity contribution in [2.45, 2.75) is 12.5 Å². The van der Waals surface area contributed by atoms with Crippen LogP contribution >= 0.6 is 11.6 Å². The van der Waals surface area contributed by atoms with Crippen molar-refractivity contribution in [3.8, 4) is 0 Å². The van der Waals surface area contributed by atoms with Crippen LogP contribution in [0.25, 0.3) is 0 Å². The summed E-state index contributed by atoms with van der Waals surface area (Å²) in [6, 6.07) is 9.76. The highest BCUT2D eigenvalue weighted by Crippen LogP contribution is 2.30. The molecule has 0 aliphatic heterocycles. The molecule has 1 heterocycles. The number of hydrogen-bond donors (Lipinski definition) is 3. The molecule has 1 aromatic heterocycles. The lowest BCUT2D eigenvalue weighted by atomic mass is 9.90. The molecule has 1 amide bonds. The first kappa shape index (κ1) is 17.6. The van der Waals surface area contributed by atoms with Crippen LogP contribution in [0, 0.1) is 0 Å². The second-order valence-corrected chi connectivity index (χ2v) is 6.33. The SMILES string of the molecule is CC(Nc1c(Nc2ccncc2)c(=O)c1=O)(C(N)=O)c1ccc(Cl)cc1. The molecule has 0 spiro atoms. The van der Waals surface area contributed by atoms with Crippen LogP contribution in [0.1, 0.15) is 12.5 Å². The predicted octanol–water partition coefficient (Wildman–Crippen LogP) is 1.89. The summed E-state index contributed by atoms with van der Waals surface area (Å²) in [5.74, 6) is -0.706.